The highest BCUT2D eigenvalue weighted by Crippen LogP contribution is 1.80. The van der Waals surface area contributed by atoms with E-state index in [0.29, 0.717) is 0 Å². The van der Waals surface area contributed by atoms with Gasteiger partial charge < -0.3 is 4.18 Å². The lowest BCUT2D eigenvalue weighted by atomic mass is 10.7. The zero-order chi connectivity index (χ0) is 7.49. The van der Waals surface area contributed by atoms with Gasteiger partial charge >= 0.3 is 16.3 Å². The number of rotatable bonds is 1. The van der Waals surface area contributed by atoms with Crippen molar-refractivity contribution < 1.29 is 17.4 Å². The maximum atomic E-state index is 9.91. The van der Waals surface area contributed by atoms with E-state index in [-0.39, 0.29) is 0 Å². The van der Waals surface area contributed by atoms with E-state index in [4.69, 9.17) is 0 Å². The summed E-state index contributed by atoms with van der Waals surface area (Å²) in [6.07, 6.45) is 4.43. The van der Waals surface area contributed by atoms with E-state index in [1.807, 2.05) is 0 Å². The van der Waals surface area contributed by atoms with Crippen LogP contribution in [0.3, 0.4) is 0 Å². The first-order valence-electron chi connectivity index (χ1n) is 1.68. The molecular weight excluding hydrogens is 146 g/mol. The number of nitrogens with two attached hydrogens (primary N) is 1. The Bertz CT molecular complexity index is 245. The van der Waals surface area contributed by atoms with Gasteiger partial charge in [-0.25, -0.2) is 4.79 Å². The molecule has 0 fully saturated rings. The van der Waals surface area contributed by atoms with E-state index in [1.54, 1.807) is 0 Å². The van der Waals surface area contributed by atoms with Crippen LogP contribution >= 0.6 is 0 Å². The highest BCUT2D eigenvalue weighted by atomic mass is 32.2. The zero-order valence-corrected chi connectivity index (χ0v) is 5.01. The molecular formula is C3H3NO4S. The molecule has 6 heteroatoms. The van der Waals surface area contributed by atoms with Gasteiger partial charge in [0.25, 0.3) is 0 Å². The Balaban J connectivity index is 4.12. The maximum Gasteiger partial charge on any atom is 0.400 e. The molecule has 9 heavy (non-hydrogen) atoms. The summed E-state index contributed by atoms with van der Waals surface area (Å²) >= 11 is 0. The van der Waals surface area contributed by atoms with E-state index in [0.717, 1.165) is 0 Å². The summed E-state index contributed by atoms with van der Waals surface area (Å²) in [5.74, 6) is 0.0794. The molecule has 0 saturated carbocycles. The van der Waals surface area contributed by atoms with Crippen LogP contribution in [0.5, 0.6) is 0 Å². The number of hydrogen-bond donors (Lipinski definition) is 1. The monoisotopic (exact) mass is 149 g/mol. The van der Waals surface area contributed by atoms with E-state index in [2.05, 4.69) is 15.7 Å². The number of terminal acetylenes is 1. The largest absolute Gasteiger partial charge is 0.400 e. The lowest BCUT2D eigenvalue weighted by Crippen LogP contribution is -2.19. The molecule has 2 N–H and O–H groups in total. The van der Waals surface area contributed by atoms with Crippen molar-refractivity contribution in [3.05, 3.63) is 0 Å². The third-order valence-corrected chi connectivity index (χ3v) is 0.693. The minimum atomic E-state index is -4.23. The predicted molar refractivity (Wildman–Crippen MR) is 28.0 cm³/mol. The van der Waals surface area contributed by atoms with E-state index in [1.165, 1.54) is 5.92 Å². The van der Waals surface area contributed by atoms with Gasteiger partial charge in [-0.3, -0.25) is 0 Å². The van der Waals surface area contributed by atoms with Gasteiger partial charge in [-0.1, -0.05) is 0 Å². The van der Waals surface area contributed by atoms with Crippen LogP contribution in [0.15, 0.2) is 0 Å². The van der Waals surface area contributed by atoms with Gasteiger partial charge in [-0.15, -0.1) is 6.42 Å². The van der Waals surface area contributed by atoms with Gasteiger partial charge in [-0.05, 0) is 0 Å². The molecule has 0 aliphatic heterocycles. The Hall–Kier alpha value is -1.06. The van der Waals surface area contributed by atoms with Gasteiger partial charge in [0.15, 0.2) is 0 Å². The first-order valence-corrected chi connectivity index (χ1v) is 3.15. The zero-order valence-electron chi connectivity index (χ0n) is 4.20. The predicted octanol–water partition coefficient (Wildman–Crippen LogP) is -1.63. The first-order chi connectivity index (χ1) is 3.95. The number of hydrogen-bond acceptors (Lipinski definition) is 4. The van der Waals surface area contributed by atoms with Crippen LogP contribution in [0, 0.1) is 12.3 Å². The van der Waals surface area contributed by atoms with Crippen molar-refractivity contribution >= 4 is 16.3 Å². The number of carbonyl (C=O) groups is 1. The Morgan fingerprint density at radius 1 is 1.67 bits per heavy atom. The molecule has 0 heterocycles. The lowest BCUT2D eigenvalue weighted by Gasteiger charge is -1.91. The lowest BCUT2D eigenvalue weighted by molar-refractivity contribution is -0.127. The minimum Gasteiger partial charge on any atom is -0.323 e. The molecule has 0 saturated heterocycles. The second-order valence-electron chi connectivity index (χ2n) is 1.01. The van der Waals surface area contributed by atoms with Crippen molar-refractivity contribution in [1.29, 1.82) is 0 Å². The highest BCUT2D eigenvalue weighted by Gasteiger charge is 2.06. The fraction of sp³-hybridized carbons (Fsp3) is 0. The fourth-order valence-electron chi connectivity index (χ4n) is 0.130. The van der Waals surface area contributed by atoms with Crippen molar-refractivity contribution in [1.82, 2.24) is 0 Å². The molecule has 0 spiro atoms. The molecule has 0 aliphatic carbocycles. The average Bonchev–Trinajstić information content (AvgIpc) is 1.62. The molecule has 0 atom stereocenters. The van der Waals surface area contributed by atoms with Crippen LogP contribution < -0.4 is 5.14 Å². The summed E-state index contributed by atoms with van der Waals surface area (Å²) in [6.45, 7) is 0. The summed E-state index contributed by atoms with van der Waals surface area (Å²) in [5.41, 5.74) is 0. The normalized spacial score (nSPS) is 9.78. The standard InChI is InChI=1S/C3H3NO4S/c1-2-3(5)8-9(4,6)7/h1H,(H2,4,6,7). The Kier molecular flexibility index (Phi) is 2.19. The summed E-state index contributed by atoms with van der Waals surface area (Å²) in [5, 5.41) is 4.25. The first kappa shape index (κ1) is 7.94. The molecule has 0 radical (unpaired) electrons. The minimum absolute atomic E-state index is 1.32. The summed E-state index contributed by atoms with van der Waals surface area (Å²) in [4.78, 5) is 9.91. The summed E-state index contributed by atoms with van der Waals surface area (Å²) < 4.78 is 23.1. The van der Waals surface area contributed by atoms with Crippen LogP contribution in [0.1, 0.15) is 0 Å². The third kappa shape index (κ3) is 4.80. The van der Waals surface area contributed by atoms with Crippen molar-refractivity contribution in [2.75, 3.05) is 0 Å². The maximum absolute atomic E-state index is 9.91. The molecule has 0 amide bonds. The Morgan fingerprint density at radius 3 is 2.22 bits per heavy atom. The van der Waals surface area contributed by atoms with Crippen LogP contribution in [-0.2, 0) is 19.3 Å². The van der Waals surface area contributed by atoms with E-state index < -0.39 is 16.3 Å². The second-order valence-corrected chi connectivity index (χ2v) is 2.16. The van der Waals surface area contributed by atoms with Gasteiger partial charge in [0.1, 0.15) is 0 Å². The molecule has 0 unspecified atom stereocenters. The summed E-state index contributed by atoms with van der Waals surface area (Å²) in [7, 11) is -4.23. The van der Waals surface area contributed by atoms with Crippen LogP contribution in [0.25, 0.3) is 0 Å². The van der Waals surface area contributed by atoms with E-state index >= 15 is 0 Å². The van der Waals surface area contributed by atoms with Gasteiger partial charge in [-0.2, -0.15) is 13.6 Å². The fourth-order valence-corrected chi connectivity index (χ4v) is 0.389. The van der Waals surface area contributed by atoms with Gasteiger partial charge in [0.05, 0.1) is 0 Å². The molecule has 0 rings (SSSR count). The molecule has 0 aromatic rings. The third-order valence-electron chi connectivity index (χ3n) is 0.310. The van der Waals surface area contributed by atoms with Crippen molar-refractivity contribution in [3.63, 3.8) is 0 Å². The van der Waals surface area contributed by atoms with Crippen LogP contribution in [0.4, 0.5) is 0 Å². The quantitative estimate of drug-likeness (QED) is 0.453. The van der Waals surface area contributed by atoms with Crippen molar-refractivity contribution in [2.24, 2.45) is 5.14 Å². The van der Waals surface area contributed by atoms with Crippen LogP contribution in [-0.4, -0.2) is 14.4 Å². The van der Waals surface area contributed by atoms with Crippen molar-refractivity contribution in [3.8, 4) is 12.3 Å². The smallest absolute Gasteiger partial charge is 0.323 e. The SMILES string of the molecule is C#CC(=O)OS(N)(=O)=O. The molecule has 0 bridgehead atoms. The second kappa shape index (κ2) is 2.48. The molecule has 5 nitrogen and oxygen atoms in total. The topological polar surface area (TPSA) is 86.5 Å². The molecule has 0 aromatic heterocycles. The number of carbonyl (C=O) groups excluding carboxylic acids is 1. The van der Waals surface area contributed by atoms with Gasteiger partial charge in [0, 0.05) is 5.92 Å². The molecule has 0 aliphatic rings. The summed E-state index contributed by atoms with van der Waals surface area (Å²) in [6, 6.07) is 0. The van der Waals surface area contributed by atoms with Crippen LogP contribution in [0.2, 0.25) is 0 Å². The van der Waals surface area contributed by atoms with E-state index in [9.17, 15) is 13.2 Å². The van der Waals surface area contributed by atoms with Gasteiger partial charge in [0.2, 0.25) is 0 Å². The molecule has 50 valence electrons. The highest BCUT2D eigenvalue weighted by molar-refractivity contribution is 7.84. The average molecular weight is 149 g/mol. The molecule has 0 aromatic carbocycles. The Morgan fingerprint density at radius 2 is 2.11 bits per heavy atom. The Labute approximate surface area is 52.1 Å². The van der Waals surface area contributed by atoms with Crippen molar-refractivity contribution in [2.45, 2.75) is 0 Å².